The van der Waals surface area contributed by atoms with Crippen LogP contribution in [0, 0.1) is 11.6 Å². The maximum absolute atomic E-state index is 13.4. The van der Waals surface area contributed by atoms with Crippen molar-refractivity contribution in [3.8, 4) is 0 Å². The number of rotatable bonds is 6. The van der Waals surface area contributed by atoms with Gasteiger partial charge in [0.05, 0.1) is 11.7 Å². The maximum Gasteiger partial charge on any atom is 0.131 e. The number of hydrogen-bond acceptors (Lipinski definition) is 3. The van der Waals surface area contributed by atoms with Gasteiger partial charge in [-0.05, 0) is 19.1 Å². The van der Waals surface area contributed by atoms with Crippen molar-refractivity contribution in [1.82, 2.24) is 5.32 Å². The van der Waals surface area contributed by atoms with E-state index in [0.29, 0.717) is 5.75 Å². The minimum absolute atomic E-state index is 0.0101. The molecule has 0 aromatic heterocycles. The largest absolute Gasteiger partial charge is 0.387 e. The molecule has 0 aliphatic heterocycles. The third-order valence-electron chi connectivity index (χ3n) is 2.48. The van der Waals surface area contributed by atoms with Gasteiger partial charge in [-0.25, -0.2) is 8.78 Å². The van der Waals surface area contributed by atoms with Crippen molar-refractivity contribution in [2.45, 2.75) is 19.1 Å². The highest BCUT2D eigenvalue weighted by atomic mass is 32.2. The molecular weight excluding hydrogens is 260 g/mol. The third kappa shape index (κ3) is 4.44. The van der Waals surface area contributed by atoms with Crippen LogP contribution in [0.1, 0.15) is 18.6 Å². The van der Waals surface area contributed by atoms with E-state index in [9.17, 15) is 18.1 Å². The number of nitrogens with one attached hydrogen (secondary N) is 1. The van der Waals surface area contributed by atoms with E-state index >= 15 is 0 Å². The second kappa shape index (κ2) is 6.92. The van der Waals surface area contributed by atoms with Gasteiger partial charge in [0, 0.05) is 35.4 Å². The van der Waals surface area contributed by atoms with Crippen LogP contribution >= 0.6 is 0 Å². The van der Waals surface area contributed by atoms with Gasteiger partial charge in [0.25, 0.3) is 0 Å². The lowest BCUT2D eigenvalue weighted by atomic mass is 10.1. The molecule has 0 fully saturated rings. The lowest BCUT2D eigenvalue weighted by Gasteiger charge is -2.17. The highest BCUT2D eigenvalue weighted by Gasteiger charge is 2.18. The Morgan fingerprint density at radius 3 is 2.44 bits per heavy atom. The fraction of sp³-hybridized carbons (Fsp3) is 0.500. The first kappa shape index (κ1) is 15.2. The van der Waals surface area contributed by atoms with Crippen LogP contribution in [0.3, 0.4) is 0 Å². The molecule has 1 rings (SSSR count). The summed E-state index contributed by atoms with van der Waals surface area (Å²) in [6.07, 6.45) is 0.310. The quantitative estimate of drug-likeness (QED) is 0.825. The molecule has 3 atom stereocenters. The monoisotopic (exact) mass is 277 g/mol. The Morgan fingerprint density at radius 2 is 1.94 bits per heavy atom. The van der Waals surface area contributed by atoms with Crippen molar-refractivity contribution in [2.75, 3.05) is 18.6 Å². The first-order valence-corrected chi connectivity index (χ1v) is 7.30. The molecule has 0 heterocycles. The summed E-state index contributed by atoms with van der Waals surface area (Å²) in [6, 6.07) is 3.36. The standard InChI is InChI=1S/C12H17F2NO2S/c1-8(7-18(2)17)15-6-11(16)12-9(13)4-3-5-10(12)14/h3-5,8,11,15-16H,6-7H2,1-2H3. The second-order valence-corrected chi connectivity index (χ2v) is 5.68. The second-order valence-electron chi connectivity index (χ2n) is 4.20. The molecule has 102 valence electrons. The lowest BCUT2D eigenvalue weighted by Crippen LogP contribution is -2.34. The Labute approximate surface area is 108 Å². The average molecular weight is 277 g/mol. The molecule has 18 heavy (non-hydrogen) atoms. The van der Waals surface area contributed by atoms with E-state index in [1.807, 2.05) is 0 Å². The molecule has 0 amide bonds. The zero-order valence-corrected chi connectivity index (χ0v) is 11.1. The zero-order valence-electron chi connectivity index (χ0n) is 10.3. The van der Waals surface area contributed by atoms with Crippen LogP contribution in [-0.4, -0.2) is 33.9 Å². The summed E-state index contributed by atoms with van der Waals surface area (Å²) in [5, 5.41) is 12.6. The zero-order chi connectivity index (χ0) is 13.7. The van der Waals surface area contributed by atoms with Gasteiger partial charge in [-0.2, -0.15) is 0 Å². The van der Waals surface area contributed by atoms with Crippen molar-refractivity contribution in [3.63, 3.8) is 0 Å². The summed E-state index contributed by atoms with van der Waals surface area (Å²) in [5.74, 6) is -1.11. The molecule has 0 aliphatic carbocycles. The van der Waals surface area contributed by atoms with E-state index < -0.39 is 28.5 Å². The highest BCUT2D eigenvalue weighted by Crippen LogP contribution is 2.19. The van der Waals surface area contributed by atoms with Crippen LogP contribution in [0.25, 0.3) is 0 Å². The highest BCUT2D eigenvalue weighted by molar-refractivity contribution is 7.84. The molecular formula is C12H17F2NO2S. The van der Waals surface area contributed by atoms with Crippen molar-refractivity contribution >= 4 is 10.8 Å². The summed E-state index contributed by atoms with van der Waals surface area (Å²) in [7, 11) is -0.956. The number of aliphatic hydroxyl groups is 1. The summed E-state index contributed by atoms with van der Waals surface area (Å²) in [6.45, 7) is 1.81. The molecule has 0 aliphatic rings. The Hall–Kier alpha value is -0.850. The van der Waals surface area contributed by atoms with Crippen LogP contribution in [0.4, 0.5) is 8.78 Å². The number of benzene rings is 1. The molecule has 0 radical (unpaired) electrons. The Balaban J connectivity index is 2.60. The predicted molar refractivity (Wildman–Crippen MR) is 67.7 cm³/mol. The van der Waals surface area contributed by atoms with Crippen LogP contribution in [-0.2, 0) is 10.8 Å². The molecule has 3 nitrogen and oxygen atoms in total. The minimum atomic E-state index is -1.26. The first-order chi connectivity index (χ1) is 8.41. The fourth-order valence-corrected chi connectivity index (χ4v) is 2.48. The van der Waals surface area contributed by atoms with E-state index in [1.54, 1.807) is 13.2 Å². The van der Waals surface area contributed by atoms with E-state index in [-0.39, 0.29) is 18.2 Å². The molecule has 0 saturated heterocycles. The molecule has 3 unspecified atom stereocenters. The van der Waals surface area contributed by atoms with Gasteiger partial charge < -0.3 is 10.4 Å². The molecule has 1 aromatic carbocycles. The van der Waals surface area contributed by atoms with Crippen molar-refractivity contribution < 1.29 is 18.1 Å². The first-order valence-electron chi connectivity index (χ1n) is 5.57. The van der Waals surface area contributed by atoms with E-state index in [2.05, 4.69) is 5.32 Å². The Bertz CT molecular complexity index is 408. The van der Waals surface area contributed by atoms with E-state index in [4.69, 9.17) is 0 Å². The summed E-state index contributed by atoms with van der Waals surface area (Å²) in [4.78, 5) is 0. The molecule has 0 saturated carbocycles. The van der Waals surface area contributed by atoms with E-state index in [1.165, 1.54) is 6.07 Å². The van der Waals surface area contributed by atoms with Crippen LogP contribution in [0.15, 0.2) is 18.2 Å². The van der Waals surface area contributed by atoms with Gasteiger partial charge >= 0.3 is 0 Å². The maximum atomic E-state index is 13.4. The fourth-order valence-electron chi connectivity index (χ4n) is 1.65. The normalized spacial score (nSPS) is 16.3. The van der Waals surface area contributed by atoms with Crippen LogP contribution in [0.2, 0.25) is 0 Å². The van der Waals surface area contributed by atoms with Crippen LogP contribution < -0.4 is 5.32 Å². The van der Waals surface area contributed by atoms with Crippen LogP contribution in [0.5, 0.6) is 0 Å². The molecule has 0 bridgehead atoms. The van der Waals surface area contributed by atoms with Gasteiger partial charge in [0.1, 0.15) is 11.6 Å². The molecule has 2 N–H and O–H groups in total. The number of halogens is 2. The topological polar surface area (TPSA) is 49.3 Å². The van der Waals surface area contributed by atoms with Gasteiger partial charge in [-0.15, -0.1) is 0 Å². The smallest absolute Gasteiger partial charge is 0.131 e. The molecule has 6 heteroatoms. The Kier molecular flexibility index (Phi) is 5.84. The molecule has 0 spiro atoms. The van der Waals surface area contributed by atoms with Gasteiger partial charge in [0.2, 0.25) is 0 Å². The predicted octanol–water partition coefficient (Wildman–Crippen LogP) is 1.35. The van der Waals surface area contributed by atoms with Crippen molar-refractivity contribution in [2.24, 2.45) is 0 Å². The SMILES string of the molecule is CC(CS(C)=O)NCC(O)c1c(F)cccc1F. The Morgan fingerprint density at radius 1 is 1.39 bits per heavy atom. The van der Waals surface area contributed by atoms with Crippen molar-refractivity contribution in [1.29, 1.82) is 0 Å². The third-order valence-corrected chi connectivity index (χ3v) is 3.45. The van der Waals surface area contributed by atoms with E-state index in [0.717, 1.165) is 12.1 Å². The summed E-state index contributed by atoms with van der Waals surface area (Å²) >= 11 is 0. The average Bonchev–Trinajstić information content (AvgIpc) is 2.25. The number of hydrogen-bond donors (Lipinski definition) is 2. The van der Waals surface area contributed by atoms with Gasteiger partial charge in [0.15, 0.2) is 0 Å². The molecule has 1 aromatic rings. The van der Waals surface area contributed by atoms with Crippen molar-refractivity contribution in [3.05, 3.63) is 35.4 Å². The van der Waals surface area contributed by atoms with Gasteiger partial charge in [-0.1, -0.05) is 6.07 Å². The minimum Gasteiger partial charge on any atom is -0.387 e. The number of aliphatic hydroxyl groups excluding tert-OH is 1. The lowest BCUT2D eigenvalue weighted by molar-refractivity contribution is 0.162. The summed E-state index contributed by atoms with van der Waals surface area (Å²) < 4.78 is 37.7. The summed E-state index contributed by atoms with van der Waals surface area (Å²) in [5.41, 5.74) is -0.338. The van der Waals surface area contributed by atoms with Gasteiger partial charge in [-0.3, -0.25) is 4.21 Å².